The molecule has 0 atom stereocenters. The molecule has 2 nitrogen and oxygen atoms in total. The summed E-state index contributed by atoms with van der Waals surface area (Å²) in [7, 11) is 0. The van der Waals surface area contributed by atoms with E-state index in [2.05, 4.69) is 6.92 Å². The summed E-state index contributed by atoms with van der Waals surface area (Å²) in [4.78, 5) is 11.9. The van der Waals surface area contributed by atoms with Crippen molar-refractivity contribution in [1.29, 1.82) is 0 Å². The van der Waals surface area contributed by atoms with E-state index >= 15 is 0 Å². The highest BCUT2D eigenvalue weighted by atomic mass is 16.1. The van der Waals surface area contributed by atoms with Crippen LogP contribution in [0.5, 0.6) is 0 Å². The third kappa shape index (κ3) is 6.53. The highest BCUT2D eigenvalue weighted by Gasteiger charge is 2.29. The molecule has 0 saturated heterocycles. The van der Waals surface area contributed by atoms with Crippen LogP contribution in [-0.4, -0.2) is 11.3 Å². The Bertz CT molecular complexity index is 231. The summed E-state index contributed by atoms with van der Waals surface area (Å²) < 4.78 is 0. The van der Waals surface area contributed by atoms with Crippen molar-refractivity contribution in [2.24, 2.45) is 5.73 Å². The van der Waals surface area contributed by atoms with E-state index < -0.39 is 0 Å². The highest BCUT2D eigenvalue weighted by Crippen LogP contribution is 2.29. The molecule has 0 bridgehead atoms. The third-order valence-electron chi connectivity index (χ3n) is 4.21. The molecule has 1 aliphatic carbocycles. The Morgan fingerprint density at radius 3 is 2.28 bits per heavy atom. The smallest absolute Gasteiger partial charge is 0.134 e. The Labute approximate surface area is 113 Å². The molecule has 0 aromatic rings. The Morgan fingerprint density at radius 1 is 1.00 bits per heavy atom. The first-order chi connectivity index (χ1) is 8.66. The minimum atomic E-state index is -0.155. The predicted octanol–water partition coefficient (Wildman–Crippen LogP) is 4.36. The molecule has 0 heterocycles. The summed E-state index contributed by atoms with van der Waals surface area (Å²) >= 11 is 0. The summed E-state index contributed by atoms with van der Waals surface area (Å²) in [5, 5.41) is 0. The van der Waals surface area contributed by atoms with E-state index in [1.807, 2.05) is 0 Å². The molecular formula is C16H31NO. The normalized spacial score (nSPS) is 18.8. The van der Waals surface area contributed by atoms with Crippen molar-refractivity contribution < 1.29 is 4.79 Å². The van der Waals surface area contributed by atoms with Gasteiger partial charge in [-0.05, 0) is 19.3 Å². The third-order valence-corrected chi connectivity index (χ3v) is 4.21. The summed E-state index contributed by atoms with van der Waals surface area (Å²) in [5.74, 6) is 0.398. The molecule has 1 saturated carbocycles. The van der Waals surface area contributed by atoms with Gasteiger partial charge in [-0.3, -0.25) is 4.79 Å². The van der Waals surface area contributed by atoms with Crippen LogP contribution in [0.1, 0.15) is 90.4 Å². The number of Topliss-reactive ketones (excluding diaryl/α,β-unsaturated/α-hetero) is 1. The van der Waals surface area contributed by atoms with Crippen LogP contribution in [0.3, 0.4) is 0 Å². The van der Waals surface area contributed by atoms with Crippen molar-refractivity contribution in [2.45, 2.75) is 95.9 Å². The van der Waals surface area contributed by atoms with Crippen molar-refractivity contribution in [3.05, 3.63) is 0 Å². The molecule has 0 aromatic carbocycles. The van der Waals surface area contributed by atoms with E-state index in [0.717, 1.165) is 25.7 Å². The van der Waals surface area contributed by atoms with Gasteiger partial charge < -0.3 is 5.73 Å². The first-order valence-corrected chi connectivity index (χ1v) is 7.97. The number of hydrogen-bond donors (Lipinski definition) is 1. The van der Waals surface area contributed by atoms with E-state index in [1.54, 1.807) is 0 Å². The van der Waals surface area contributed by atoms with E-state index in [1.165, 1.54) is 51.4 Å². The van der Waals surface area contributed by atoms with Crippen molar-refractivity contribution in [1.82, 2.24) is 0 Å². The van der Waals surface area contributed by atoms with Gasteiger partial charge in [-0.25, -0.2) is 0 Å². The average molecular weight is 253 g/mol. The van der Waals surface area contributed by atoms with E-state index in [-0.39, 0.29) is 5.54 Å². The van der Waals surface area contributed by atoms with Gasteiger partial charge in [0.05, 0.1) is 0 Å². The molecule has 1 aliphatic rings. The molecule has 0 aliphatic heterocycles. The van der Waals surface area contributed by atoms with E-state index in [4.69, 9.17) is 5.73 Å². The number of carbonyl (C=O) groups excluding carboxylic acids is 1. The summed E-state index contributed by atoms with van der Waals surface area (Å²) in [6.45, 7) is 2.23. The Morgan fingerprint density at radius 2 is 1.61 bits per heavy atom. The molecule has 0 amide bonds. The molecule has 1 rings (SSSR count). The number of hydrogen-bond acceptors (Lipinski definition) is 2. The van der Waals surface area contributed by atoms with Crippen LogP contribution in [0.25, 0.3) is 0 Å². The lowest BCUT2D eigenvalue weighted by atomic mass is 9.78. The second kappa shape index (κ2) is 8.68. The maximum atomic E-state index is 11.9. The number of carbonyl (C=O) groups is 1. The largest absolute Gasteiger partial charge is 0.325 e. The first kappa shape index (κ1) is 15.7. The average Bonchev–Trinajstić information content (AvgIpc) is 2.34. The van der Waals surface area contributed by atoms with Gasteiger partial charge in [0, 0.05) is 18.4 Å². The maximum Gasteiger partial charge on any atom is 0.134 e. The van der Waals surface area contributed by atoms with Crippen LogP contribution in [0.2, 0.25) is 0 Å². The fraction of sp³-hybridized carbons (Fsp3) is 0.938. The Hall–Kier alpha value is -0.370. The summed E-state index contributed by atoms with van der Waals surface area (Å²) in [6.07, 6.45) is 14.7. The zero-order valence-corrected chi connectivity index (χ0v) is 12.2. The van der Waals surface area contributed by atoms with Crippen LogP contribution in [0.15, 0.2) is 0 Å². The standard InChI is InChI=1S/C16H31NO/c1-2-3-4-5-6-8-11-15(18)14-16(17)12-9-7-10-13-16/h2-14,17H2,1H3. The van der Waals surface area contributed by atoms with Crippen molar-refractivity contribution in [2.75, 3.05) is 0 Å². The SMILES string of the molecule is CCCCCCCCC(=O)CC1(N)CCCCC1. The zero-order chi connectivity index (χ0) is 13.3. The predicted molar refractivity (Wildman–Crippen MR) is 77.6 cm³/mol. The number of rotatable bonds is 9. The fourth-order valence-corrected chi connectivity index (χ4v) is 3.02. The maximum absolute atomic E-state index is 11.9. The second-order valence-corrected chi connectivity index (χ2v) is 6.16. The highest BCUT2D eigenvalue weighted by molar-refractivity contribution is 5.79. The number of ketones is 1. The van der Waals surface area contributed by atoms with Crippen LogP contribution < -0.4 is 5.73 Å². The molecule has 106 valence electrons. The zero-order valence-electron chi connectivity index (χ0n) is 12.2. The molecule has 1 fully saturated rings. The minimum Gasteiger partial charge on any atom is -0.325 e. The van der Waals surface area contributed by atoms with Gasteiger partial charge in [-0.1, -0.05) is 58.3 Å². The van der Waals surface area contributed by atoms with Crippen molar-refractivity contribution >= 4 is 5.78 Å². The lowest BCUT2D eigenvalue weighted by molar-refractivity contribution is -0.120. The first-order valence-electron chi connectivity index (χ1n) is 7.97. The van der Waals surface area contributed by atoms with E-state index in [9.17, 15) is 4.79 Å². The van der Waals surface area contributed by atoms with E-state index in [0.29, 0.717) is 12.2 Å². The molecule has 2 heteroatoms. The summed E-state index contributed by atoms with van der Waals surface area (Å²) in [6, 6.07) is 0. The molecule has 0 aromatic heterocycles. The molecule has 0 spiro atoms. The van der Waals surface area contributed by atoms with Crippen LogP contribution in [0, 0.1) is 0 Å². The lowest BCUT2D eigenvalue weighted by Crippen LogP contribution is -2.43. The topological polar surface area (TPSA) is 43.1 Å². The Kier molecular flexibility index (Phi) is 7.57. The van der Waals surface area contributed by atoms with Gasteiger partial charge in [-0.2, -0.15) is 0 Å². The second-order valence-electron chi connectivity index (χ2n) is 6.16. The summed E-state index contributed by atoms with van der Waals surface area (Å²) in [5.41, 5.74) is 6.15. The van der Waals surface area contributed by atoms with Crippen LogP contribution in [-0.2, 0) is 4.79 Å². The molecule has 0 unspecified atom stereocenters. The molecule has 18 heavy (non-hydrogen) atoms. The fourth-order valence-electron chi connectivity index (χ4n) is 3.02. The lowest BCUT2D eigenvalue weighted by Gasteiger charge is -2.32. The number of nitrogens with two attached hydrogens (primary N) is 1. The Balaban J connectivity index is 2.06. The molecule has 0 radical (unpaired) electrons. The van der Waals surface area contributed by atoms with Gasteiger partial charge in [0.1, 0.15) is 5.78 Å². The van der Waals surface area contributed by atoms with Gasteiger partial charge in [0.15, 0.2) is 0 Å². The van der Waals surface area contributed by atoms with Gasteiger partial charge in [0.2, 0.25) is 0 Å². The monoisotopic (exact) mass is 253 g/mol. The van der Waals surface area contributed by atoms with Crippen LogP contribution in [0.4, 0.5) is 0 Å². The van der Waals surface area contributed by atoms with Gasteiger partial charge in [0.25, 0.3) is 0 Å². The quantitative estimate of drug-likeness (QED) is 0.620. The molecular weight excluding hydrogens is 222 g/mol. The van der Waals surface area contributed by atoms with Crippen molar-refractivity contribution in [3.8, 4) is 0 Å². The van der Waals surface area contributed by atoms with Gasteiger partial charge >= 0.3 is 0 Å². The van der Waals surface area contributed by atoms with Crippen molar-refractivity contribution in [3.63, 3.8) is 0 Å². The van der Waals surface area contributed by atoms with Gasteiger partial charge in [-0.15, -0.1) is 0 Å². The van der Waals surface area contributed by atoms with Crippen LogP contribution >= 0.6 is 0 Å². The minimum absolute atomic E-state index is 0.155. The molecule has 2 N–H and O–H groups in total. The number of unbranched alkanes of at least 4 members (excludes halogenated alkanes) is 5.